The van der Waals surface area contributed by atoms with E-state index in [4.69, 9.17) is 4.42 Å². The van der Waals surface area contributed by atoms with Crippen LogP contribution in [0.4, 0.5) is 0 Å². The molecule has 1 aliphatic carbocycles. The maximum atomic E-state index is 12.8. The van der Waals surface area contributed by atoms with Crippen LogP contribution in [0.15, 0.2) is 63.7 Å². The summed E-state index contributed by atoms with van der Waals surface area (Å²) in [5, 5.41) is 0. The highest BCUT2D eigenvalue weighted by Crippen LogP contribution is 2.36. The van der Waals surface area contributed by atoms with E-state index in [-0.39, 0.29) is 17.3 Å². The van der Waals surface area contributed by atoms with Crippen molar-refractivity contribution in [2.45, 2.75) is 0 Å². The number of benzene rings is 2. The molecule has 0 bridgehead atoms. The largest absolute Gasteiger partial charge is 0.459 e. The lowest BCUT2D eigenvalue weighted by molar-refractivity contribution is 0.0960. The van der Waals surface area contributed by atoms with Crippen LogP contribution in [-0.2, 0) is 0 Å². The monoisotopic (exact) mass is 352 g/mol. The van der Waals surface area contributed by atoms with Crippen molar-refractivity contribution in [1.29, 1.82) is 0 Å². The van der Waals surface area contributed by atoms with E-state index in [1.54, 1.807) is 24.3 Å². The summed E-state index contributed by atoms with van der Waals surface area (Å²) in [6, 6.07) is 14.4. The van der Waals surface area contributed by atoms with Crippen molar-refractivity contribution in [3.05, 3.63) is 81.7 Å². The number of furan rings is 1. The highest BCUT2D eigenvalue weighted by molar-refractivity contribution is 9.10. The molecule has 1 aliphatic rings. The van der Waals surface area contributed by atoms with Crippen molar-refractivity contribution in [2.24, 2.45) is 0 Å². The van der Waals surface area contributed by atoms with Crippen LogP contribution in [0.3, 0.4) is 0 Å². The Labute approximate surface area is 134 Å². The molecule has 0 radical (unpaired) electrons. The lowest BCUT2D eigenvalue weighted by atomic mass is 9.85. The summed E-state index contributed by atoms with van der Waals surface area (Å²) in [6.07, 6.45) is 1.48. The third kappa shape index (κ3) is 1.81. The molecule has 3 aromatic rings. The van der Waals surface area contributed by atoms with Crippen LogP contribution in [0.5, 0.6) is 0 Å². The summed E-state index contributed by atoms with van der Waals surface area (Å²) in [6.45, 7) is 0. The molecular weight excluding hydrogens is 344 g/mol. The number of hydrogen-bond donors (Lipinski definition) is 0. The highest BCUT2D eigenvalue weighted by Gasteiger charge is 2.35. The number of carbonyl (C=O) groups is 2. The quantitative estimate of drug-likeness (QED) is 0.507. The fraction of sp³-hybridized carbons (Fsp3) is 0. The Morgan fingerprint density at radius 3 is 2.09 bits per heavy atom. The summed E-state index contributed by atoms with van der Waals surface area (Å²) in [7, 11) is 0. The third-order valence-electron chi connectivity index (χ3n) is 3.80. The van der Waals surface area contributed by atoms with E-state index >= 15 is 0 Å². The average Bonchev–Trinajstić information content (AvgIpc) is 2.99. The van der Waals surface area contributed by atoms with Gasteiger partial charge in [-0.2, -0.15) is 0 Å². The van der Waals surface area contributed by atoms with Gasteiger partial charge in [-0.3, -0.25) is 9.59 Å². The van der Waals surface area contributed by atoms with E-state index in [1.165, 1.54) is 6.26 Å². The van der Waals surface area contributed by atoms with E-state index in [0.717, 1.165) is 10.0 Å². The topological polar surface area (TPSA) is 47.3 Å². The van der Waals surface area contributed by atoms with E-state index in [9.17, 15) is 9.59 Å². The van der Waals surface area contributed by atoms with Crippen LogP contribution in [-0.4, -0.2) is 11.6 Å². The van der Waals surface area contributed by atoms with E-state index in [1.807, 2.05) is 24.3 Å². The number of fused-ring (bicyclic) bond motifs is 2. The molecule has 2 aromatic carbocycles. The second-order valence-corrected chi connectivity index (χ2v) is 5.98. The Hall–Kier alpha value is -2.46. The van der Waals surface area contributed by atoms with Crippen LogP contribution in [0.25, 0.3) is 11.1 Å². The first-order chi connectivity index (χ1) is 10.7. The Bertz CT molecular complexity index is 920. The van der Waals surface area contributed by atoms with Gasteiger partial charge in [-0.15, -0.1) is 0 Å². The molecular formula is C18H9BrO3. The van der Waals surface area contributed by atoms with Gasteiger partial charge in [0.1, 0.15) is 0 Å². The first-order valence-corrected chi connectivity index (χ1v) is 7.52. The van der Waals surface area contributed by atoms with Gasteiger partial charge in [0, 0.05) is 21.2 Å². The fourth-order valence-electron chi connectivity index (χ4n) is 2.73. The Balaban J connectivity index is 1.94. The third-order valence-corrected chi connectivity index (χ3v) is 4.32. The van der Waals surface area contributed by atoms with Gasteiger partial charge < -0.3 is 4.42 Å². The lowest BCUT2D eigenvalue weighted by Gasteiger charge is -2.13. The molecule has 0 saturated carbocycles. The minimum Gasteiger partial charge on any atom is -0.459 e. The van der Waals surface area contributed by atoms with E-state index in [2.05, 4.69) is 15.9 Å². The smallest absolute Gasteiger partial charge is 0.229 e. The van der Waals surface area contributed by atoms with Gasteiger partial charge in [-0.05, 0) is 17.7 Å². The first kappa shape index (κ1) is 13.2. The van der Waals surface area contributed by atoms with Gasteiger partial charge in [-0.1, -0.05) is 52.3 Å². The van der Waals surface area contributed by atoms with Crippen LogP contribution >= 0.6 is 15.9 Å². The van der Waals surface area contributed by atoms with Gasteiger partial charge in [0.2, 0.25) is 5.78 Å². The standard InChI is InChI=1S/C18H9BrO3/c19-11-7-5-10(6-8-11)14-9-22-18-15(14)16(20)12-3-1-2-4-13(12)17(18)21/h1-9H. The van der Waals surface area contributed by atoms with Crippen LogP contribution in [0.1, 0.15) is 32.0 Å². The first-order valence-electron chi connectivity index (χ1n) is 6.72. The maximum Gasteiger partial charge on any atom is 0.229 e. The summed E-state index contributed by atoms with van der Waals surface area (Å²) in [4.78, 5) is 25.3. The number of hydrogen-bond acceptors (Lipinski definition) is 3. The summed E-state index contributed by atoms with van der Waals surface area (Å²) in [5.41, 5.74) is 2.67. The second-order valence-electron chi connectivity index (χ2n) is 5.06. The molecule has 1 heterocycles. The van der Waals surface area contributed by atoms with E-state index < -0.39 is 0 Å². The predicted molar refractivity (Wildman–Crippen MR) is 85.2 cm³/mol. The van der Waals surface area contributed by atoms with E-state index in [0.29, 0.717) is 22.3 Å². The molecule has 3 nitrogen and oxygen atoms in total. The molecule has 0 aliphatic heterocycles. The zero-order valence-electron chi connectivity index (χ0n) is 11.3. The molecule has 22 heavy (non-hydrogen) atoms. The van der Waals surface area contributed by atoms with Gasteiger partial charge in [0.05, 0.1) is 11.8 Å². The molecule has 0 amide bonds. The minimum absolute atomic E-state index is 0.126. The molecule has 0 unspecified atom stereocenters. The second kappa shape index (κ2) is 4.78. The molecule has 0 fully saturated rings. The lowest BCUT2D eigenvalue weighted by Crippen LogP contribution is -2.19. The zero-order chi connectivity index (χ0) is 15.3. The van der Waals surface area contributed by atoms with Crippen LogP contribution in [0.2, 0.25) is 0 Å². The van der Waals surface area contributed by atoms with Crippen molar-refractivity contribution >= 4 is 27.5 Å². The average molecular weight is 353 g/mol. The molecule has 1 aromatic heterocycles. The normalized spacial score (nSPS) is 13.0. The van der Waals surface area contributed by atoms with Crippen molar-refractivity contribution in [2.75, 3.05) is 0 Å². The number of ketones is 2. The van der Waals surface area contributed by atoms with Crippen molar-refractivity contribution in [1.82, 2.24) is 0 Å². The zero-order valence-corrected chi connectivity index (χ0v) is 12.9. The predicted octanol–water partition coefficient (Wildman–Crippen LogP) is 4.48. The van der Waals surface area contributed by atoms with Gasteiger partial charge in [0.15, 0.2) is 11.5 Å². The SMILES string of the molecule is O=C1c2ccccc2C(=O)c2c(-c3ccc(Br)cc3)coc21. The Kier molecular flexibility index (Phi) is 2.87. The van der Waals surface area contributed by atoms with Crippen LogP contribution < -0.4 is 0 Å². The molecule has 0 saturated heterocycles. The van der Waals surface area contributed by atoms with Gasteiger partial charge in [-0.25, -0.2) is 0 Å². The van der Waals surface area contributed by atoms with Gasteiger partial charge in [0.25, 0.3) is 0 Å². The van der Waals surface area contributed by atoms with Gasteiger partial charge >= 0.3 is 0 Å². The molecule has 0 spiro atoms. The summed E-state index contributed by atoms with van der Waals surface area (Å²) < 4.78 is 6.37. The van der Waals surface area contributed by atoms with Crippen molar-refractivity contribution in [3.63, 3.8) is 0 Å². The van der Waals surface area contributed by atoms with Crippen LogP contribution in [0, 0.1) is 0 Å². The number of carbonyl (C=O) groups excluding carboxylic acids is 2. The fourth-order valence-corrected chi connectivity index (χ4v) is 2.99. The van der Waals surface area contributed by atoms with Crippen molar-refractivity contribution < 1.29 is 14.0 Å². The summed E-state index contributed by atoms with van der Waals surface area (Å²) in [5.74, 6) is -0.285. The maximum absolute atomic E-state index is 12.8. The highest BCUT2D eigenvalue weighted by atomic mass is 79.9. The Morgan fingerprint density at radius 2 is 1.41 bits per heavy atom. The molecule has 106 valence electrons. The van der Waals surface area contributed by atoms with Crippen molar-refractivity contribution in [3.8, 4) is 11.1 Å². The number of rotatable bonds is 1. The summed E-state index contributed by atoms with van der Waals surface area (Å²) >= 11 is 3.38. The molecule has 0 atom stereocenters. The molecule has 4 rings (SSSR count). The number of halogens is 1. The molecule has 0 N–H and O–H groups in total. The molecule has 4 heteroatoms. The Morgan fingerprint density at radius 1 is 0.773 bits per heavy atom. The minimum atomic E-state index is -0.242.